The summed E-state index contributed by atoms with van der Waals surface area (Å²) in [6.45, 7) is 4.42. The molecule has 6 heteroatoms. The predicted molar refractivity (Wildman–Crippen MR) is 54.9 cm³/mol. The Kier molecular flexibility index (Phi) is 3.51. The van der Waals surface area contributed by atoms with Crippen LogP contribution in [-0.4, -0.2) is 40.8 Å². The third kappa shape index (κ3) is 2.57. The second-order valence-electron chi connectivity index (χ2n) is 3.78. The molecule has 1 aliphatic heterocycles. The SMILES string of the molecule is CCOC(=O)c1cn(C[C@@H]2CCOC2)nn1. The van der Waals surface area contributed by atoms with Gasteiger partial charge < -0.3 is 9.47 Å². The first-order valence-electron chi connectivity index (χ1n) is 5.44. The highest BCUT2D eigenvalue weighted by Gasteiger charge is 2.18. The van der Waals surface area contributed by atoms with Crippen molar-refractivity contribution in [3.63, 3.8) is 0 Å². The predicted octanol–water partition coefficient (Wildman–Crippen LogP) is 0.491. The van der Waals surface area contributed by atoms with E-state index in [1.165, 1.54) is 0 Å². The van der Waals surface area contributed by atoms with Crippen molar-refractivity contribution >= 4 is 5.97 Å². The standard InChI is InChI=1S/C10H15N3O3/c1-2-16-10(14)9-6-13(12-11-9)5-8-3-4-15-7-8/h6,8H,2-5,7H2,1H3/t8-/m0/s1. The Balaban J connectivity index is 1.93. The van der Waals surface area contributed by atoms with E-state index in [0.29, 0.717) is 12.5 Å². The molecule has 0 spiro atoms. The van der Waals surface area contributed by atoms with Gasteiger partial charge in [0.05, 0.1) is 19.4 Å². The van der Waals surface area contributed by atoms with Gasteiger partial charge in [-0.05, 0) is 13.3 Å². The summed E-state index contributed by atoms with van der Waals surface area (Å²) in [5.41, 5.74) is 0.265. The molecule has 1 aromatic heterocycles. The Morgan fingerprint density at radius 2 is 2.62 bits per heavy atom. The normalized spacial score (nSPS) is 19.9. The van der Waals surface area contributed by atoms with Crippen LogP contribution in [0.2, 0.25) is 0 Å². The molecule has 0 bridgehead atoms. The topological polar surface area (TPSA) is 66.2 Å². The van der Waals surface area contributed by atoms with Crippen LogP contribution in [0.4, 0.5) is 0 Å². The van der Waals surface area contributed by atoms with E-state index in [1.807, 2.05) is 0 Å². The molecule has 16 heavy (non-hydrogen) atoms. The maximum Gasteiger partial charge on any atom is 0.360 e. The molecule has 0 aromatic carbocycles. The summed E-state index contributed by atoms with van der Waals surface area (Å²) in [4.78, 5) is 11.3. The number of esters is 1. The fourth-order valence-electron chi connectivity index (χ4n) is 1.68. The summed E-state index contributed by atoms with van der Waals surface area (Å²) in [5, 5.41) is 7.67. The molecule has 1 fully saturated rings. The van der Waals surface area contributed by atoms with Crippen molar-refractivity contribution < 1.29 is 14.3 Å². The van der Waals surface area contributed by atoms with Gasteiger partial charge in [0.1, 0.15) is 0 Å². The lowest BCUT2D eigenvalue weighted by atomic mass is 10.1. The fourth-order valence-corrected chi connectivity index (χ4v) is 1.68. The van der Waals surface area contributed by atoms with Crippen LogP contribution >= 0.6 is 0 Å². The van der Waals surface area contributed by atoms with E-state index in [0.717, 1.165) is 26.2 Å². The zero-order valence-electron chi connectivity index (χ0n) is 9.26. The molecule has 1 aliphatic rings. The number of nitrogens with zero attached hydrogens (tertiary/aromatic N) is 3. The number of carbonyl (C=O) groups is 1. The van der Waals surface area contributed by atoms with Gasteiger partial charge in [-0.2, -0.15) is 0 Å². The van der Waals surface area contributed by atoms with Gasteiger partial charge in [-0.1, -0.05) is 5.21 Å². The minimum Gasteiger partial charge on any atom is -0.461 e. The minimum absolute atomic E-state index is 0.265. The van der Waals surface area contributed by atoms with Crippen LogP contribution in [0, 0.1) is 5.92 Å². The van der Waals surface area contributed by atoms with Crippen LogP contribution in [0.5, 0.6) is 0 Å². The number of hydrogen-bond donors (Lipinski definition) is 0. The van der Waals surface area contributed by atoms with Gasteiger partial charge in [0.25, 0.3) is 0 Å². The first-order chi connectivity index (χ1) is 7.79. The second-order valence-corrected chi connectivity index (χ2v) is 3.78. The molecule has 2 rings (SSSR count). The molecule has 0 saturated carbocycles. The molecular weight excluding hydrogens is 210 g/mol. The summed E-state index contributed by atoms with van der Waals surface area (Å²) in [7, 11) is 0. The Hall–Kier alpha value is -1.43. The van der Waals surface area contributed by atoms with E-state index in [1.54, 1.807) is 17.8 Å². The Bertz CT molecular complexity index is 358. The lowest BCUT2D eigenvalue weighted by Crippen LogP contribution is -2.11. The zero-order chi connectivity index (χ0) is 11.4. The molecule has 1 aromatic rings. The maximum absolute atomic E-state index is 11.3. The van der Waals surface area contributed by atoms with Crippen LogP contribution in [-0.2, 0) is 16.0 Å². The second kappa shape index (κ2) is 5.07. The van der Waals surface area contributed by atoms with E-state index in [9.17, 15) is 4.79 Å². The van der Waals surface area contributed by atoms with E-state index in [2.05, 4.69) is 10.3 Å². The average Bonchev–Trinajstić information content (AvgIpc) is 2.90. The monoisotopic (exact) mass is 225 g/mol. The molecule has 2 heterocycles. The van der Waals surface area contributed by atoms with Gasteiger partial charge in [-0.15, -0.1) is 5.10 Å². The summed E-state index contributed by atoms with van der Waals surface area (Å²) >= 11 is 0. The van der Waals surface area contributed by atoms with E-state index >= 15 is 0 Å². The third-order valence-electron chi connectivity index (χ3n) is 2.49. The summed E-state index contributed by atoms with van der Waals surface area (Å²) < 4.78 is 11.8. The minimum atomic E-state index is -0.420. The van der Waals surface area contributed by atoms with Crippen molar-refractivity contribution in [1.29, 1.82) is 0 Å². The van der Waals surface area contributed by atoms with Gasteiger partial charge in [0.2, 0.25) is 0 Å². The average molecular weight is 225 g/mol. The third-order valence-corrected chi connectivity index (χ3v) is 2.49. The number of rotatable bonds is 4. The number of aromatic nitrogens is 3. The van der Waals surface area contributed by atoms with Crippen molar-refractivity contribution in [1.82, 2.24) is 15.0 Å². The molecule has 0 aliphatic carbocycles. The molecule has 1 atom stereocenters. The van der Waals surface area contributed by atoms with Crippen LogP contribution in [0.15, 0.2) is 6.20 Å². The van der Waals surface area contributed by atoms with E-state index < -0.39 is 5.97 Å². The molecule has 0 N–H and O–H groups in total. The van der Waals surface area contributed by atoms with E-state index in [-0.39, 0.29) is 5.69 Å². The smallest absolute Gasteiger partial charge is 0.360 e. The van der Waals surface area contributed by atoms with Crippen molar-refractivity contribution in [3.8, 4) is 0 Å². The first-order valence-corrected chi connectivity index (χ1v) is 5.44. The molecule has 0 radical (unpaired) electrons. The highest BCUT2D eigenvalue weighted by Crippen LogP contribution is 2.14. The van der Waals surface area contributed by atoms with Crippen LogP contribution in [0.1, 0.15) is 23.8 Å². The lowest BCUT2D eigenvalue weighted by Gasteiger charge is -2.05. The summed E-state index contributed by atoms with van der Waals surface area (Å²) in [6, 6.07) is 0. The first kappa shape index (κ1) is 11.1. The highest BCUT2D eigenvalue weighted by atomic mass is 16.5. The Morgan fingerprint density at radius 1 is 1.75 bits per heavy atom. The van der Waals surface area contributed by atoms with Gasteiger partial charge in [0, 0.05) is 19.1 Å². The summed E-state index contributed by atoms with van der Waals surface area (Å²) in [5.74, 6) is 0.0492. The molecular formula is C10H15N3O3. The Morgan fingerprint density at radius 3 is 3.31 bits per heavy atom. The maximum atomic E-state index is 11.3. The molecule has 1 saturated heterocycles. The van der Waals surface area contributed by atoms with Crippen molar-refractivity contribution in [3.05, 3.63) is 11.9 Å². The zero-order valence-corrected chi connectivity index (χ0v) is 9.26. The lowest BCUT2D eigenvalue weighted by molar-refractivity contribution is 0.0519. The number of ether oxygens (including phenoxy) is 2. The van der Waals surface area contributed by atoms with E-state index in [4.69, 9.17) is 9.47 Å². The molecule has 6 nitrogen and oxygen atoms in total. The number of hydrogen-bond acceptors (Lipinski definition) is 5. The molecule has 0 amide bonds. The van der Waals surface area contributed by atoms with Crippen LogP contribution < -0.4 is 0 Å². The van der Waals surface area contributed by atoms with Gasteiger partial charge in [-0.3, -0.25) is 4.68 Å². The molecule has 88 valence electrons. The van der Waals surface area contributed by atoms with Crippen LogP contribution in [0.3, 0.4) is 0 Å². The largest absolute Gasteiger partial charge is 0.461 e. The number of carbonyl (C=O) groups excluding carboxylic acids is 1. The Labute approximate surface area is 93.5 Å². The fraction of sp³-hybridized carbons (Fsp3) is 0.700. The quantitative estimate of drug-likeness (QED) is 0.698. The van der Waals surface area contributed by atoms with Gasteiger partial charge in [0.15, 0.2) is 5.69 Å². The van der Waals surface area contributed by atoms with Crippen molar-refractivity contribution in [2.45, 2.75) is 19.9 Å². The highest BCUT2D eigenvalue weighted by molar-refractivity contribution is 5.86. The van der Waals surface area contributed by atoms with Crippen molar-refractivity contribution in [2.75, 3.05) is 19.8 Å². The van der Waals surface area contributed by atoms with Crippen LogP contribution in [0.25, 0.3) is 0 Å². The summed E-state index contributed by atoms with van der Waals surface area (Å²) in [6.07, 6.45) is 2.66. The molecule has 0 unspecified atom stereocenters. The van der Waals surface area contributed by atoms with Gasteiger partial charge >= 0.3 is 5.97 Å². The van der Waals surface area contributed by atoms with Gasteiger partial charge in [-0.25, -0.2) is 4.79 Å². The van der Waals surface area contributed by atoms with Crippen molar-refractivity contribution in [2.24, 2.45) is 5.92 Å².